The van der Waals surface area contributed by atoms with E-state index in [2.05, 4.69) is 21.4 Å². The fraction of sp³-hybridized carbons (Fsp3) is 0.200. The van der Waals surface area contributed by atoms with Gasteiger partial charge in [0.25, 0.3) is 0 Å². The summed E-state index contributed by atoms with van der Waals surface area (Å²) in [6.45, 7) is 2.05. The lowest BCUT2D eigenvalue weighted by Crippen LogP contribution is -2.53. The summed E-state index contributed by atoms with van der Waals surface area (Å²) in [5.74, 6) is -0.883. The van der Waals surface area contributed by atoms with E-state index in [0.29, 0.717) is 22.8 Å². The van der Waals surface area contributed by atoms with Gasteiger partial charge in [0.15, 0.2) is 0 Å². The average Bonchev–Trinajstić information content (AvgIpc) is 3.12. The van der Waals surface area contributed by atoms with Gasteiger partial charge in [-0.25, -0.2) is 18.6 Å². The first-order valence-electron chi connectivity index (χ1n) is 8.81. The first-order valence-corrected chi connectivity index (χ1v) is 8.81. The van der Waals surface area contributed by atoms with Gasteiger partial charge >= 0.3 is 6.03 Å². The number of nitrogens with one attached hydrogen (secondary N) is 1. The van der Waals surface area contributed by atoms with Crippen LogP contribution in [-0.4, -0.2) is 41.3 Å². The van der Waals surface area contributed by atoms with E-state index >= 15 is 0 Å². The van der Waals surface area contributed by atoms with Crippen LogP contribution in [0.5, 0.6) is 0 Å². The highest BCUT2D eigenvalue weighted by molar-refractivity contribution is 6.17. The Morgan fingerprint density at radius 2 is 1.93 bits per heavy atom. The molecule has 0 radical (unpaired) electrons. The molecule has 0 fully saturated rings. The molecule has 0 aliphatic carbocycles. The SMILES string of the molecule is Cc1ccc(C#N)cc1NC1=NC(=O)N(C)C2=NCC(c3cc(F)cc(F)c3)N12. The zero-order valence-corrected chi connectivity index (χ0v) is 15.6. The van der Waals surface area contributed by atoms with Crippen molar-refractivity contribution >= 4 is 23.6 Å². The smallest absolute Gasteiger partial charge is 0.325 e. The standard InChI is InChI=1S/C20H16F2N6O/c1-11-3-4-12(9-23)5-16(11)25-18-26-20(29)27(2)19-24-10-17(28(18)19)13-6-14(21)8-15(22)7-13/h3-8,17H,10H2,1-2H3,(H,25,26,29). The minimum Gasteiger partial charge on any atom is -0.325 e. The van der Waals surface area contributed by atoms with Gasteiger partial charge in [0.1, 0.15) is 11.6 Å². The number of guanidine groups is 2. The Labute approximate surface area is 165 Å². The van der Waals surface area contributed by atoms with E-state index in [1.165, 1.54) is 24.1 Å². The Kier molecular flexibility index (Phi) is 4.47. The second kappa shape index (κ2) is 6.98. The van der Waals surface area contributed by atoms with Crippen LogP contribution in [0, 0.1) is 29.9 Å². The maximum Gasteiger partial charge on any atom is 0.353 e. The molecule has 0 saturated carbocycles. The molecule has 2 amide bonds. The quantitative estimate of drug-likeness (QED) is 0.846. The van der Waals surface area contributed by atoms with E-state index in [1.54, 1.807) is 23.1 Å². The maximum atomic E-state index is 13.8. The number of amides is 2. The van der Waals surface area contributed by atoms with Crippen molar-refractivity contribution in [2.24, 2.45) is 9.98 Å². The molecule has 2 aromatic rings. The summed E-state index contributed by atoms with van der Waals surface area (Å²) >= 11 is 0. The molecule has 0 spiro atoms. The molecular weight excluding hydrogens is 378 g/mol. The summed E-state index contributed by atoms with van der Waals surface area (Å²) in [5, 5.41) is 12.2. The number of aryl methyl sites for hydroxylation is 1. The van der Waals surface area contributed by atoms with E-state index in [1.807, 2.05) is 6.92 Å². The molecule has 2 heterocycles. The number of benzene rings is 2. The molecule has 0 saturated heterocycles. The van der Waals surface area contributed by atoms with E-state index < -0.39 is 23.7 Å². The fourth-order valence-electron chi connectivity index (χ4n) is 3.34. The number of fused-ring (bicyclic) bond motifs is 1. The third kappa shape index (κ3) is 3.29. The second-order valence-electron chi connectivity index (χ2n) is 6.77. The van der Waals surface area contributed by atoms with E-state index in [4.69, 9.17) is 5.26 Å². The van der Waals surface area contributed by atoms with Gasteiger partial charge in [-0.2, -0.15) is 10.3 Å². The van der Waals surface area contributed by atoms with Crippen molar-refractivity contribution in [1.82, 2.24) is 9.80 Å². The number of halogens is 2. The van der Waals surface area contributed by atoms with Gasteiger partial charge in [0.2, 0.25) is 11.9 Å². The minimum atomic E-state index is -0.695. The lowest BCUT2D eigenvalue weighted by molar-refractivity contribution is 0.230. The zero-order valence-electron chi connectivity index (χ0n) is 15.6. The lowest BCUT2D eigenvalue weighted by atomic mass is 10.1. The third-order valence-electron chi connectivity index (χ3n) is 4.83. The summed E-state index contributed by atoms with van der Waals surface area (Å²) in [5.41, 5.74) is 2.25. The predicted molar refractivity (Wildman–Crippen MR) is 103 cm³/mol. The molecule has 4 rings (SSSR count). The summed E-state index contributed by atoms with van der Waals surface area (Å²) in [6.07, 6.45) is 0. The number of aliphatic imine (C=N–C) groups is 2. The van der Waals surface area contributed by atoms with Crippen LogP contribution in [0.2, 0.25) is 0 Å². The number of rotatable bonds is 2. The predicted octanol–water partition coefficient (Wildman–Crippen LogP) is 3.39. The van der Waals surface area contributed by atoms with Gasteiger partial charge < -0.3 is 5.32 Å². The van der Waals surface area contributed by atoms with Crippen LogP contribution in [-0.2, 0) is 0 Å². The number of hydrogen-bond acceptors (Lipinski definition) is 5. The van der Waals surface area contributed by atoms with Gasteiger partial charge in [0.05, 0.1) is 24.2 Å². The van der Waals surface area contributed by atoms with Crippen molar-refractivity contribution in [3.8, 4) is 6.07 Å². The van der Waals surface area contributed by atoms with Crippen molar-refractivity contribution in [2.45, 2.75) is 13.0 Å². The number of carbonyl (C=O) groups is 1. The molecule has 29 heavy (non-hydrogen) atoms. The highest BCUT2D eigenvalue weighted by Crippen LogP contribution is 2.32. The van der Waals surface area contributed by atoms with Crippen molar-refractivity contribution in [1.29, 1.82) is 5.26 Å². The van der Waals surface area contributed by atoms with Crippen molar-refractivity contribution in [3.05, 3.63) is 64.7 Å². The molecule has 0 bridgehead atoms. The molecule has 1 N–H and O–H groups in total. The summed E-state index contributed by atoms with van der Waals surface area (Å²) in [7, 11) is 1.53. The maximum absolute atomic E-state index is 13.8. The van der Waals surface area contributed by atoms with Crippen molar-refractivity contribution < 1.29 is 13.6 Å². The Bertz CT molecular complexity index is 1100. The Hall–Kier alpha value is -3.80. The van der Waals surface area contributed by atoms with E-state index in [9.17, 15) is 13.6 Å². The number of carbonyl (C=O) groups excluding carboxylic acids is 1. The van der Waals surface area contributed by atoms with Crippen LogP contribution in [0.25, 0.3) is 0 Å². The van der Waals surface area contributed by atoms with Gasteiger partial charge in [-0.15, -0.1) is 0 Å². The molecular formula is C20H16F2N6O. The molecule has 2 aliphatic rings. The molecule has 146 valence electrons. The Morgan fingerprint density at radius 1 is 1.21 bits per heavy atom. The van der Waals surface area contributed by atoms with Crippen LogP contribution in [0.1, 0.15) is 22.7 Å². The van der Waals surface area contributed by atoms with Crippen LogP contribution in [0.4, 0.5) is 19.3 Å². The molecule has 7 nitrogen and oxygen atoms in total. The molecule has 1 unspecified atom stereocenters. The number of urea groups is 1. The first-order chi connectivity index (χ1) is 13.9. The zero-order chi connectivity index (χ0) is 20.7. The van der Waals surface area contributed by atoms with Crippen molar-refractivity contribution in [3.63, 3.8) is 0 Å². The van der Waals surface area contributed by atoms with Crippen LogP contribution in [0.15, 0.2) is 46.4 Å². The number of nitriles is 1. The molecule has 2 aromatic carbocycles. The monoisotopic (exact) mass is 394 g/mol. The van der Waals surface area contributed by atoms with Crippen LogP contribution >= 0.6 is 0 Å². The fourth-order valence-corrected chi connectivity index (χ4v) is 3.34. The molecule has 1 atom stereocenters. The van der Waals surface area contributed by atoms with Crippen LogP contribution in [0.3, 0.4) is 0 Å². The Balaban J connectivity index is 1.76. The molecule has 2 aliphatic heterocycles. The van der Waals surface area contributed by atoms with Gasteiger partial charge in [-0.3, -0.25) is 9.80 Å². The van der Waals surface area contributed by atoms with Crippen molar-refractivity contribution in [2.75, 3.05) is 18.9 Å². The minimum absolute atomic E-state index is 0.178. The molecule has 9 heteroatoms. The van der Waals surface area contributed by atoms with Gasteiger partial charge in [0, 0.05) is 18.8 Å². The summed E-state index contributed by atoms with van der Waals surface area (Å²) < 4.78 is 27.6. The van der Waals surface area contributed by atoms with E-state index in [-0.39, 0.29) is 12.5 Å². The summed E-state index contributed by atoms with van der Waals surface area (Å²) in [4.78, 5) is 23.7. The number of hydrogen-bond donors (Lipinski definition) is 1. The Morgan fingerprint density at radius 3 is 2.62 bits per heavy atom. The summed E-state index contributed by atoms with van der Waals surface area (Å²) in [6, 6.07) is 9.37. The van der Waals surface area contributed by atoms with Gasteiger partial charge in [-0.05, 0) is 42.3 Å². The largest absolute Gasteiger partial charge is 0.353 e. The number of nitrogens with zero attached hydrogens (tertiary/aromatic N) is 5. The topological polar surface area (TPSA) is 84.1 Å². The average molecular weight is 394 g/mol. The number of anilines is 1. The van der Waals surface area contributed by atoms with E-state index in [0.717, 1.165) is 11.6 Å². The highest BCUT2D eigenvalue weighted by Gasteiger charge is 2.40. The first kappa shape index (κ1) is 18.6. The normalized spacial score (nSPS) is 18.2. The third-order valence-corrected chi connectivity index (χ3v) is 4.83. The molecule has 0 aromatic heterocycles. The van der Waals surface area contributed by atoms with Crippen LogP contribution < -0.4 is 5.32 Å². The van der Waals surface area contributed by atoms with Gasteiger partial charge in [-0.1, -0.05) is 6.07 Å². The second-order valence-corrected chi connectivity index (χ2v) is 6.77. The lowest BCUT2D eigenvalue weighted by Gasteiger charge is -2.35. The highest BCUT2D eigenvalue weighted by atomic mass is 19.1.